The maximum Gasteiger partial charge on any atom is 0.250 e. The van der Waals surface area contributed by atoms with Crippen LogP contribution in [0.15, 0.2) is 6.33 Å². The van der Waals surface area contributed by atoms with Gasteiger partial charge in [0.2, 0.25) is 11.8 Å². The Kier molecular flexibility index (Phi) is 4.51. The zero-order valence-corrected chi connectivity index (χ0v) is 18.0. The van der Waals surface area contributed by atoms with E-state index in [-0.39, 0.29) is 36.7 Å². The van der Waals surface area contributed by atoms with Crippen LogP contribution < -0.4 is 10.5 Å². The van der Waals surface area contributed by atoms with E-state index >= 15 is 0 Å². The lowest BCUT2D eigenvalue weighted by Crippen LogP contribution is -2.47. The highest BCUT2D eigenvalue weighted by Gasteiger charge is 2.60. The Morgan fingerprint density at radius 2 is 1.94 bits per heavy atom. The van der Waals surface area contributed by atoms with Gasteiger partial charge in [-0.2, -0.15) is 0 Å². The average Bonchev–Trinajstić information content (AvgIpc) is 3.13. The first-order chi connectivity index (χ1) is 14.9. The van der Waals surface area contributed by atoms with Crippen LogP contribution in [0, 0.1) is 11.8 Å². The summed E-state index contributed by atoms with van der Waals surface area (Å²) in [6.45, 7) is 0.973. The molecule has 0 spiro atoms. The highest BCUT2D eigenvalue weighted by atomic mass is 32.1. The number of amides is 1. The molecule has 6 nitrogen and oxygen atoms in total. The third-order valence-corrected chi connectivity index (χ3v) is 8.92. The van der Waals surface area contributed by atoms with Gasteiger partial charge in [0.15, 0.2) is 0 Å². The number of aromatic nitrogens is 2. The van der Waals surface area contributed by atoms with E-state index in [1.54, 1.807) is 17.7 Å². The number of primary amides is 1. The number of nitrogens with zero attached hydrogens (tertiary/aromatic N) is 3. The molecule has 0 radical (unpaired) electrons. The molecule has 4 aliphatic rings. The molecule has 1 aliphatic heterocycles. The minimum absolute atomic E-state index is 0.0277. The lowest BCUT2D eigenvalue weighted by atomic mass is 9.90. The third-order valence-electron chi connectivity index (χ3n) is 7.79. The van der Waals surface area contributed by atoms with Crippen molar-refractivity contribution in [3.63, 3.8) is 0 Å². The highest BCUT2D eigenvalue weighted by Crippen LogP contribution is 2.65. The van der Waals surface area contributed by atoms with E-state index in [9.17, 15) is 13.6 Å². The van der Waals surface area contributed by atoms with Gasteiger partial charge in [0, 0.05) is 48.7 Å². The van der Waals surface area contributed by atoms with Crippen LogP contribution in [0.1, 0.15) is 54.9 Å². The number of ether oxygens (including phenoxy) is 1. The second-order valence-electron chi connectivity index (χ2n) is 9.56. The molecule has 3 heterocycles. The van der Waals surface area contributed by atoms with Crippen molar-refractivity contribution in [3.8, 4) is 5.88 Å². The number of carbonyl (C=O) groups excluding carboxylic acids is 1. The normalized spacial score (nSPS) is 34.3. The van der Waals surface area contributed by atoms with Gasteiger partial charge >= 0.3 is 0 Å². The Morgan fingerprint density at radius 1 is 1.19 bits per heavy atom. The van der Waals surface area contributed by atoms with Crippen LogP contribution in [0.2, 0.25) is 0 Å². The van der Waals surface area contributed by atoms with E-state index in [0.29, 0.717) is 30.9 Å². The van der Waals surface area contributed by atoms with Crippen molar-refractivity contribution in [2.24, 2.45) is 17.6 Å². The van der Waals surface area contributed by atoms with Gasteiger partial charge in [-0.15, -0.1) is 11.3 Å². The van der Waals surface area contributed by atoms with Crippen molar-refractivity contribution in [1.82, 2.24) is 14.9 Å². The number of hydrogen-bond donors (Lipinski definition) is 1. The topological polar surface area (TPSA) is 81.3 Å². The molecule has 3 aliphatic carbocycles. The summed E-state index contributed by atoms with van der Waals surface area (Å²) in [6, 6.07) is 0.371. The molecule has 166 valence electrons. The minimum atomic E-state index is -2.50. The third kappa shape index (κ3) is 3.31. The molecule has 2 saturated carbocycles. The summed E-state index contributed by atoms with van der Waals surface area (Å²) < 4.78 is 33.3. The Morgan fingerprint density at radius 3 is 2.65 bits per heavy atom. The SMILES string of the molecule is NC(=O)[C@@H]1[C@H]2Cc3sc4ncnc(OC5CCC(N6CCC(F)(F)CC6)CC5)c4c3[C@H]21. The standard InChI is InChI=1S/C22H26F2N4O2S/c23-22(24)5-7-28(8-6-22)11-1-3-12(4-2-11)30-20-18-17-14(31-21(18)27-10-26-20)9-13-15(17)16(13)19(25)29/h10-13,15-16H,1-9H2,(H2,25,29)/t11?,12?,13-,15+,16+/m0/s1. The number of carbonyl (C=O) groups is 1. The van der Waals surface area contributed by atoms with Crippen LogP contribution in [-0.2, 0) is 11.2 Å². The van der Waals surface area contributed by atoms with Crippen molar-refractivity contribution in [2.75, 3.05) is 13.1 Å². The van der Waals surface area contributed by atoms with Crippen molar-refractivity contribution in [2.45, 2.75) is 68.9 Å². The Balaban J connectivity index is 1.15. The molecular weight excluding hydrogens is 422 g/mol. The summed E-state index contributed by atoms with van der Waals surface area (Å²) in [5.74, 6) is -1.62. The van der Waals surface area contributed by atoms with Gasteiger partial charge in [-0.25, -0.2) is 18.7 Å². The molecule has 2 aromatic heterocycles. The largest absolute Gasteiger partial charge is 0.474 e. The van der Waals surface area contributed by atoms with Crippen molar-refractivity contribution in [3.05, 3.63) is 16.8 Å². The predicted octanol–water partition coefficient (Wildman–Crippen LogP) is 3.48. The lowest BCUT2D eigenvalue weighted by Gasteiger charge is -2.40. The first-order valence-electron chi connectivity index (χ1n) is 11.3. The van der Waals surface area contributed by atoms with Crippen LogP contribution in [0.3, 0.4) is 0 Å². The summed E-state index contributed by atoms with van der Waals surface area (Å²) in [5, 5.41) is 0.971. The molecule has 0 unspecified atom stereocenters. The first kappa shape index (κ1) is 19.8. The van der Waals surface area contributed by atoms with Crippen LogP contribution in [-0.4, -0.2) is 51.9 Å². The van der Waals surface area contributed by atoms with Gasteiger partial charge in [-0.05, 0) is 43.6 Å². The molecule has 0 bridgehead atoms. The number of nitrogens with two attached hydrogens (primary N) is 1. The molecule has 0 aromatic carbocycles. The molecule has 1 saturated heterocycles. The van der Waals surface area contributed by atoms with Crippen LogP contribution in [0.4, 0.5) is 8.78 Å². The fourth-order valence-electron chi connectivity index (χ4n) is 6.09. The number of rotatable bonds is 4. The zero-order chi connectivity index (χ0) is 21.3. The first-order valence-corrected chi connectivity index (χ1v) is 12.1. The molecule has 1 amide bonds. The molecule has 3 fully saturated rings. The number of likely N-dealkylation sites (tertiary alicyclic amines) is 1. The van der Waals surface area contributed by atoms with Gasteiger partial charge in [0.1, 0.15) is 17.3 Å². The maximum absolute atomic E-state index is 13.5. The van der Waals surface area contributed by atoms with E-state index in [2.05, 4.69) is 14.9 Å². The van der Waals surface area contributed by atoms with Crippen molar-refractivity contribution in [1.29, 1.82) is 0 Å². The van der Waals surface area contributed by atoms with E-state index < -0.39 is 5.92 Å². The van der Waals surface area contributed by atoms with Crippen LogP contribution >= 0.6 is 11.3 Å². The molecule has 9 heteroatoms. The summed E-state index contributed by atoms with van der Waals surface area (Å²) in [4.78, 5) is 25.1. The molecule has 31 heavy (non-hydrogen) atoms. The van der Waals surface area contributed by atoms with Crippen LogP contribution in [0.5, 0.6) is 5.88 Å². The monoisotopic (exact) mass is 448 g/mol. The zero-order valence-electron chi connectivity index (χ0n) is 17.2. The fraction of sp³-hybridized carbons (Fsp3) is 0.682. The second kappa shape index (κ2) is 7.07. The van der Waals surface area contributed by atoms with Crippen LogP contribution in [0.25, 0.3) is 10.2 Å². The summed E-state index contributed by atoms with van der Waals surface area (Å²) >= 11 is 1.68. The van der Waals surface area contributed by atoms with Gasteiger partial charge in [-0.1, -0.05) is 0 Å². The number of piperidine rings is 1. The number of fused-ring (bicyclic) bond motifs is 5. The predicted molar refractivity (Wildman–Crippen MR) is 112 cm³/mol. The second-order valence-corrected chi connectivity index (χ2v) is 10.6. The maximum atomic E-state index is 13.5. The summed E-state index contributed by atoms with van der Waals surface area (Å²) in [5.41, 5.74) is 6.78. The number of thiophene rings is 1. The summed E-state index contributed by atoms with van der Waals surface area (Å²) in [7, 11) is 0. The van der Waals surface area contributed by atoms with Gasteiger partial charge in [0.05, 0.1) is 5.39 Å². The molecule has 2 N–H and O–H groups in total. The Bertz CT molecular complexity index is 1030. The van der Waals surface area contributed by atoms with E-state index in [1.807, 2.05) is 0 Å². The summed E-state index contributed by atoms with van der Waals surface area (Å²) in [6.07, 6.45) is 6.17. The van der Waals surface area contributed by atoms with Gasteiger partial charge in [0.25, 0.3) is 5.92 Å². The fourth-order valence-corrected chi connectivity index (χ4v) is 7.35. The molecule has 2 aromatic rings. The van der Waals surface area contributed by atoms with E-state index in [1.165, 1.54) is 10.4 Å². The minimum Gasteiger partial charge on any atom is -0.474 e. The smallest absolute Gasteiger partial charge is 0.250 e. The highest BCUT2D eigenvalue weighted by molar-refractivity contribution is 7.19. The van der Waals surface area contributed by atoms with E-state index in [4.69, 9.17) is 10.5 Å². The molecular formula is C22H26F2N4O2S. The Labute approximate surface area is 183 Å². The molecule has 6 rings (SSSR count). The Hall–Kier alpha value is -1.87. The van der Waals surface area contributed by atoms with Gasteiger partial charge in [-0.3, -0.25) is 9.69 Å². The average molecular weight is 449 g/mol. The van der Waals surface area contributed by atoms with E-state index in [0.717, 1.165) is 42.3 Å². The lowest BCUT2D eigenvalue weighted by molar-refractivity contribution is -0.119. The van der Waals surface area contributed by atoms with Crippen molar-refractivity contribution < 1.29 is 18.3 Å². The van der Waals surface area contributed by atoms with Gasteiger partial charge < -0.3 is 10.5 Å². The van der Waals surface area contributed by atoms with Crippen molar-refractivity contribution >= 4 is 27.5 Å². The number of alkyl halides is 2. The quantitative estimate of drug-likeness (QED) is 0.775. The molecule has 3 atom stereocenters. The number of hydrogen-bond acceptors (Lipinski definition) is 6. The number of halogens is 2.